The molecule has 2 heterocycles. The van der Waals surface area contributed by atoms with Crippen molar-refractivity contribution in [2.45, 2.75) is 44.7 Å². The number of nitrogens with one attached hydrogen (secondary N) is 1. The highest BCUT2D eigenvalue weighted by molar-refractivity contribution is 5.91. The third-order valence-corrected chi connectivity index (χ3v) is 3.63. The second-order valence-corrected chi connectivity index (χ2v) is 4.99. The minimum Gasteiger partial charge on any atom is -0.459 e. The maximum atomic E-state index is 11.8. The van der Waals surface area contributed by atoms with Gasteiger partial charge in [-0.25, -0.2) is 4.68 Å². The van der Waals surface area contributed by atoms with Crippen LogP contribution in [0.4, 0.5) is 0 Å². The number of furan rings is 1. The van der Waals surface area contributed by atoms with Crippen molar-refractivity contribution in [2.24, 2.45) is 0 Å². The lowest BCUT2D eigenvalue weighted by atomic mass is 9.95. The minimum atomic E-state index is -0.256. The van der Waals surface area contributed by atoms with Crippen molar-refractivity contribution in [3.8, 4) is 0 Å². The number of amides is 1. The van der Waals surface area contributed by atoms with Crippen LogP contribution in [0.1, 0.15) is 54.5 Å². The summed E-state index contributed by atoms with van der Waals surface area (Å²) in [5.41, 5.74) is 0. The average molecular weight is 275 g/mol. The van der Waals surface area contributed by atoms with E-state index in [1.54, 1.807) is 12.1 Å². The minimum absolute atomic E-state index is 0.256. The molecule has 1 N–H and O–H groups in total. The molecule has 7 nitrogen and oxygen atoms in total. The van der Waals surface area contributed by atoms with E-state index in [9.17, 15) is 4.79 Å². The molecular formula is C13H17N5O2. The fourth-order valence-electron chi connectivity index (χ4n) is 2.59. The summed E-state index contributed by atoms with van der Waals surface area (Å²) in [6.45, 7) is 0.309. The predicted molar refractivity (Wildman–Crippen MR) is 69.8 cm³/mol. The fourth-order valence-corrected chi connectivity index (χ4v) is 2.59. The summed E-state index contributed by atoms with van der Waals surface area (Å²) < 4.78 is 6.89. The van der Waals surface area contributed by atoms with Gasteiger partial charge in [-0.15, -0.1) is 5.10 Å². The predicted octanol–water partition coefficient (Wildman–Crippen LogP) is 1.70. The summed E-state index contributed by atoms with van der Waals surface area (Å²) in [4.78, 5) is 11.8. The van der Waals surface area contributed by atoms with Crippen LogP contribution in [0.2, 0.25) is 0 Å². The van der Waals surface area contributed by atoms with Crippen LogP contribution < -0.4 is 5.32 Å². The van der Waals surface area contributed by atoms with Crippen LogP contribution in [0.3, 0.4) is 0 Å². The average Bonchev–Trinajstić information content (AvgIpc) is 3.17. The Morgan fingerprint density at radius 3 is 3.00 bits per heavy atom. The molecule has 0 aliphatic heterocycles. The van der Waals surface area contributed by atoms with Gasteiger partial charge < -0.3 is 9.73 Å². The number of rotatable bonds is 4. The van der Waals surface area contributed by atoms with Crippen molar-refractivity contribution in [1.29, 1.82) is 0 Å². The van der Waals surface area contributed by atoms with Crippen LogP contribution in [-0.4, -0.2) is 26.1 Å². The Morgan fingerprint density at radius 1 is 1.40 bits per heavy atom. The van der Waals surface area contributed by atoms with Gasteiger partial charge in [-0.2, -0.15) is 0 Å². The van der Waals surface area contributed by atoms with Gasteiger partial charge >= 0.3 is 0 Å². The molecule has 0 saturated heterocycles. The van der Waals surface area contributed by atoms with Gasteiger partial charge in [-0.3, -0.25) is 4.79 Å². The number of carbonyl (C=O) groups is 1. The van der Waals surface area contributed by atoms with E-state index in [1.165, 1.54) is 25.5 Å². The summed E-state index contributed by atoms with van der Waals surface area (Å²) in [6, 6.07) is 3.66. The van der Waals surface area contributed by atoms with Gasteiger partial charge in [0.05, 0.1) is 18.8 Å². The lowest BCUT2D eigenvalue weighted by Crippen LogP contribution is -2.26. The highest BCUT2D eigenvalue weighted by atomic mass is 16.3. The number of carbonyl (C=O) groups excluding carboxylic acids is 1. The summed E-state index contributed by atoms with van der Waals surface area (Å²) in [5, 5.41) is 14.6. The molecule has 2 aromatic heterocycles. The van der Waals surface area contributed by atoms with Crippen molar-refractivity contribution in [3.63, 3.8) is 0 Å². The first kappa shape index (κ1) is 12.8. The number of hydrogen-bond acceptors (Lipinski definition) is 5. The van der Waals surface area contributed by atoms with Gasteiger partial charge in [0.25, 0.3) is 5.91 Å². The van der Waals surface area contributed by atoms with Crippen LogP contribution in [0.5, 0.6) is 0 Å². The molecule has 0 unspecified atom stereocenters. The summed E-state index contributed by atoms with van der Waals surface area (Å²) in [5.74, 6) is 0.728. The van der Waals surface area contributed by atoms with Gasteiger partial charge in [0, 0.05) is 0 Å². The van der Waals surface area contributed by atoms with Gasteiger partial charge in [0.2, 0.25) is 0 Å². The molecule has 1 aliphatic carbocycles. The lowest BCUT2D eigenvalue weighted by Gasteiger charge is -2.22. The van der Waals surface area contributed by atoms with Crippen molar-refractivity contribution >= 4 is 5.91 Å². The lowest BCUT2D eigenvalue weighted by molar-refractivity contribution is 0.0921. The number of tetrazole rings is 1. The molecule has 1 saturated carbocycles. The first-order valence-corrected chi connectivity index (χ1v) is 6.93. The second-order valence-electron chi connectivity index (χ2n) is 4.99. The number of aromatic nitrogens is 4. The maximum Gasteiger partial charge on any atom is 0.287 e. The number of hydrogen-bond donors (Lipinski definition) is 1. The van der Waals surface area contributed by atoms with Crippen LogP contribution >= 0.6 is 0 Å². The Balaban J connectivity index is 1.63. The quantitative estimate of drug-likeness (QED) is 0.917. The van der Waals surface area contributed by atoms with Crippen LogP contribution in [0.25, 0.3) is 0 Å². The highest BCUT2D eigenvalue weighted by Gasteiger charge is 2.20. The molecule has 2 aromatic rings. The third kappa shape index (κ3) is 2.71. The molecule has 1 amide bonds. The van der Waals surface area contributed by atoms with Gasteiger partial charge in [0.1, 0.15) is 0 Å². The standard InChI is InChI=1S/C13H17N5O2/c19-13(11-7-4-8-20-11)14-9-12-15-16-17-18(12)10-5-2-1-3-6-10/h4,7-8,10H,1-3,5-6,9H2,(H,14,19). The molecule has 0 radical (unpaired) electrons. The Bertz CT molecular complexity index is 557. The van der Waals surface area contributed by atoms with E-state index in [1.807, 2.05) is 4.68 Å². The molecule has 0 atom stereocenters. The van der Waals surface area contributed by atoms with Crippen molar-refractivity contribution in [1.82, 2.24) is 25.5 Å². The van der Waals surface area contributed by atoms with E-state index in [0.29, 0.717) is 24.2 Å². The maximum absolute atomic E-state index is 11.8. The van der Waals surface area contributed by atoms with Gasteiger partial charge in [-0.1, -0.05) is 19.3 Å². The zero-order valence-corrected chi connectivity index (χ0v) is 11.2. The van der Waals surface area contributed by atoms with Crippen molar-refractivity contribution < 1.29 is 9.21 Å². The van der Waals surface area contributed by atoms with Crippen LogP contribution in [0.15, 0.2) is 22.8 Å². The molecule has 3 rings (SSSR count). The molecule has 1 fully saturated rings. The van der Waals surface area contributed by atoms with Crippen molar-refractivity contribution in [3.05, 3.63) is 30.0 Å². The number of nitrogens with zero attached hydrogens (tertiary/aromatic N) is 4. The summed E-state index contributed by atoms with van der Waals surface area (Å²) in [6.07, 6.45) is 7.38. The molecule has 106 valence electrons. The molecule has 0 bridgehead atoms. The SMILES string of the molecule is O=C(NCc1nnnn1C1CCCCC1)c1ccco1. The molecule has 0 aromatic carbocycles. The summed E-state index contributed by atoms with van der Waals surface area (Å²) in [7, 11) is 0. The van der Waals surface area contributed by atoms with E-state index < -0.39 is 0 Å². The largest absolute Gasteiger partial charge is 0.459 e. The fraction of sp³-hybridized carbons (Fsp3) is 0.538. The molecule has 0 spiro atoms. The zero-order valence-electron chi connectivity index (χ0n) is 11.2. The molecular weight excluding hydrogens is 258 g/mol. The van der Waals surface area contributed by atoms with Crippen LogP contribution in [-0.2, 0) is 6.54 Å². The summed E-state index contributed by atoms with van der Waals surface area (Å²) >= 11 is 0. The monoisotopic (exact) mass is 275 g/mol. The molecule has 20 heavy (non-hydrogen) atoms. The Morgan fingerprint density at radius 2 is 2.25 bits per heavy atom. The van der Waals surface area contributed by atoms with E-state index in [4.69, 9.17) is 4.42 Å². The normalized spacial score (nSPS) is 16.2. The Kier molecular flexibility index (Phi) is 3.76. The van der Waals surface area contributed by atoms with E-state index >= 15 is 0 Å². The first-order valence-electron chi connectivity index (χ1n) is 6.93. The van der Waals surface area contributed by atoms with E-state index in [-0.39, 0.29) is 5.91 Å². The van der Waals surface area contributed by atoms with E-state index in [0.717, 1.165) is 12.8 Å². The van der Waals surface area contributed by atoms with Crippen LogP contribution in [0, 0.1) is 0 Å². The smallest absolute Gasteiger partial charge is 0.287 e. The highest BCUT2D eigenvalue weighted by Crippen LogP contribution is 2.27. The van der Waals surface area contributed by atoms with E-state index in [2.05, 4.69) is 20.8 Å². The zero-order chi connectivity index (χ0) is 13.8. The Hall–Kier alpha value is -2.18. The molecule has 1 aliphatic rings. The topological polar surface area (TPSA) is 85.8 Å². The first-order chi connectivity index (χ1) is 9.84. The van der Waals surface area contributed by atoms with Gasteiger partial charge in [-0.05, 0) is 35.4 Å². The Labute approximate surface area is 116 Å². The third-order valence-electron chi connectivity index (χ3n) is 3.63. The second kappa shape index (κ2) is 5.85. The van der Waals surface area contributed by atoms with Gasteiger partial charge in [0.15, 0.2) is 11.6 Å². The molecule has 7 heteroatoms. The van der Waals surface area contributed by atoms with Crippen molar-refractivity contribution in [2.75, 3.05) is 0 Å².